The van der Waals surface area contributed by atoms with Crippen LogP contribution in [-0.2, 0) is 6.61 Å². The molecule has 7 nitrogen and oxygen atoms in total. The molecule has 0 radical (unpaired) electrons. The van der Waals surface area contributed by atoms with Crippen LogP contribution < -0.4 is 10.1 Å². The van der Waals surface area contributed by atoms with Gasteiger partial charge in [-0.1, -0.05) is 4.49 Å². The van der Waals surface area contributed by atoms with Crippen molar-refractivity contribution in [3.63, 3.8) is 0 Å². The third-order valence-corrected chi connectivity index (χ3v) is 3.06. The van der Waals surface area contributed by atoms with E-state index in [2.05, 4.69) is 14.9 Å². The van der Waals surface area contributed by atoms with Crippen LogP contribution in [0.1, 0.15) is 5.69 Å². The number of hydrogen-bond donors (Lipinski definition) is 1. The number of halogens is 1. The molecular weight excluding hydrogens is 275 g/mol. The minimum Gasteiger partial charge on any atom is -0.484 e. The summed E-state index contributed by atoms with van der Waals surface area (Å²) in [7, 11) is 1.71. The maximum absolute atomic E-state index is 13.5. The van der Waals surface area contributed by atoms with Crippen LogP contribution in [0.2, 0.25) is 0 Å². The van der Waals surface area contributed by atoms with E-state index >= 15 is 0 Å². The smallest absolute Gasteiger partial charge is 0.272 e. The minimum atomic E-state index is -0.789. The fraction of sp³-hybridized carbons (Fsp3) is 0.200. The Morgan fingerprint density at radius 3 is 3.00 bits per heavy atom. The molecule has 0 spiro atoms. The van der Waals surface area contributed by atoms with E-state index in [4.69, 9.17) is 4.74 Å². The number of ether oxygens (including phenoxy) is 1. The largest absolute Gasteiger partial charge is 0.484 e. The maximum Gasteiger partial charge on any atom is 0.272 e. The fourth-order valence-corrected chi connectivity index (χ4v) is 1.88. The van der Waals surface area contributed by atoms with Crippen LogP contribution in [0, 0.1) is 15.9 Å². The second-order valence-corrected chi connectivity index (χ2v) is 4.21. The number of nitrogens with one attached hydrogen (secondary N) is 1. The Bertz CT molecular complexity index is 604. The average molecular weight is 284 g/mol. The predicted octanol–water partition coefficient (Wildman–Crippen LogP) is 2.21. The first-order valence-electron chi connectivity index (χ1n) is 5.17. The molecule has 0 bridgehead atoms. The molecule has 2 aromatic rings. The van der Waals surface area contributed by atoms with Crippen molar-refractivity contribution >= 4 is 22.2 Å². The molecule has 19 heavy (non-hydrogen) atoms. The van der Waals surface area contributed by atoms with Crippen LogP contribution in [0.15, 0.2) is 18.2 Å². The highest BCUT2D eigenvalue weighted by molar-refractivity contribution is 7.10. The van der Waals surface area contributed by atoms with E-state index in [1.165, 1.54) is 12.1 Å². The van der Waals surface area contributed by atoms with Gasteiger partial charge < -0.3 is 10.1 Å². The molecule has 0 unspecified atom stereocenters. The number of aromatic nitrogens is 2. The Kier molecular flexibility index (Phi) is 3.85. The first-order valence-corrected chi connectivity index (χ1v) is 5.95. The zero-order valence-corrected chi connectivity index (χ0v) is 10.6. The molecule has 0 atom stereocenters. The van der Waals surface area contributed by atoms with Gasteiger partial charge in [-0.05, 0) is 6.07 Å². The summed E-state index contributed by atoms with van der Waals surface area (Å²) in [5.74, 6) is -0.857. The number of non-ortho nitro benzene ring substituents is 1. The zero-order valence-electron chi connectivity index (χ0n) is 9.79. The van der Waals surface area contributed by atoms with Crippen LogP contribution in [-0.4, -0.2) is 21.6 Å². The number of benzene rings is 1. The molecule has 1 N–H and O–H groups in total. The molecule has 0 amide bonds. The van der Waals surface area contributed by atoms with Gasteiger partial charge >= 0.3 is 0 Å². The van der Waals surface area contributed by atoms with Gasteiger partial charge in [0.25, 0.3) is 5.69 Å². The Morgan fingerprint density at radius 2 is 2.37 bits per heavy atom. The van der Waals surface area contributed by atoms with Crippen LogP contribution in [0.5, 0.6) is 5.75 Å². The van der Waals surface area contributed by atoms with Gasteiger partial charge in [0.1, 0.15) is 17.3 Å². The summed E-state index contributed by atoms with van der Waals surface area (Å²) >= 11 is 1.16. The van der Waals surface area contributed by atoms with Gasteiger partial charge in [-0.15, -0.1) is 5.10 Å². The summed E-state index contributed by atoms with van der Waals surface area (Å²) in [5, 5.41) is 17.9. The van der Waals surface area contributed by atoms with Crippen molar-refractivity contribution < 1.29 is 14.1 Å². The molecule has 0 aliphatic heterocycles. The van der Waals surface area contributed by atoms with Crippen LogP contribution >= 0.6 is 11.5 Å². The second kappa shape index (κ2) is 5.57. The molecule has 0 saturated carbocycles. The lowest BCUT2D eigenvalue weighted by molar-refractivity contribution is -0.385. The van der Waals surface area contributed by atoms with Gasteiger partial charge in [0, 0.05) is 24.6 Å². The Labute approximate surface area is 111 Å². The van der Waals surface area contributed by atoms with E-state index in [1.807, 2.05) is 0 Å². The number of hydrogen-bond acceptors (Lipinski definition) is 7. The zero-order chi connectivity index (χ0) is 13.8. The van der Waals surface area contributed by atoms with Crippen molar-refractivity contribution in [3.05, 3.63) is 39.8 Å². The number of rotatable bonds is 5. The van der Waals surface area contributed by atoms with Gasteiger partial charge in [0.05, 0.1) is 11.0 Å². The fourth-order valence-electron chi connectivity index (χ4n) is 1.36. The summed E-state index contributed by atoms with van der Waals surface area (Å²) in [6.07, 6.45) is 0. The van der Waals surface area contributed by atoms with E-state index in [0.717, 1.165) is 22.6 Å². The normalized spacial score (nSPS) is 10.2. The highest BCUT2D eigenvalue weighted by atomic mass is 32.1. The number of nitrogens with zero attached hydrogens (tertiary/aromatic N) is 3. The molecule has 0 saturated heterocycles. The topological polar surface area (TPSA) is 90.2 Å². The molecule has 9 heteroatoms. The molecule has 1 heterocycles. The third-order valence-electron chi connectivity index (χ3n) is 2.27. The van der Waals surface area contributed by atoms with Crippen molar-refractivity contribution in [1.29, 1.82) is 0 Å². The van der Waals surface area contributed by atoms with Crippen LogP contribution in [0.4, 0.5) is 15.1 Å². The third kappa shape index (κ3) is 2.94. The summed E-state index contributed by atoms with van der Waals surface area (Å²) in [5.41, 5.74) is 0.223. The first kappa shape index (κ1) is 13.1. The van der Waals surface area contributed by atoms with Gasteiger partial charge in [0.15, 0.2) is 11.6 Å². The van der Waals surface area contributed by atoms with Gasteiger partial charge in [-0.2, -0.15) is 0 Å². The Hall–Kier alpha value is -2.29. The maximum atomic E-state index is 13.5. The quantitative estimate of drug-likeness (QED) is 0.668. The SMILES string of the molecule is CNc1snnc1COc1ccc([N+](=O)[O-])cc1F. The Morgan fingerprint density at radius 1 is 1.58 bits per heavy atom. The molecule has 0 fully saturated rings. The molecule has 0 aliphatic rings. The lowest BCUT2D eigenvalue weighted by Crippen LogP contribution is -2.01. The molecular formula is C10H9FN4O3S. The summed E-state index contributed by atoms with van der Waals surface area (Å²) in [4.78, 5) is 9.80. The highest BCUT2D eigenvalue weighted by Gasteiger charge is 2.13. The Balaban J connectivity index is 2.10. The van der Waals surface area contributed by atoms with Gasteiger partial charge in [-0.25, -0.2) is 4.39 Å². The number of nitro groups is 1. The molecule has 2 rings (SSSR count). The predicted molar refractivity (Wildman–Crippen MR) is 66.8 cm³/mol. The lowest BCUT2D eigenvalue weighted by Gasteiger charge is -2.06. The van der Waals surface area contributed by atoms with Crippen molar-refractivity contribution in [3.8, 4) is 5.75 Å². The lowest BCUT2D eigenvalue weighted by atomic mass is 10.3. The van der Waals surface area contributed by atoms with Crippen molar-refractivity contribution in [1.82, 2.24) is 9.59 Å². The van der Waals surface area contributed by atoms with Crippen molar-refractivity contribution in [2.75, 3.05) is 12.4 Å². The van der Waals surface area contributed by atoms with Crippen molar-refractivity contribution in [2.24, 2.45) is 0 Å². The summed E-state index contributed by atoms with van der Waals surface area (Å²) in [6, 6.07) is 3.20. The summed E-state index contributed by atoms with van der Waals surface area (Å²) in [6.45, 7) is 0.0292. The van der Waals surface area contributed by atoms with E-state index < -0.39 is 10.7 Å². The molecule has 0 aliphatic carbocycles. The van der Waals surface area contributed by atoms with Crippen LogP contribution in [0.25, 0.3) is 0 Å². The first-order chi connectivity index (χ1) is 9.11. The van der Waals surface area contributed by atoms with Gasteiger partial charge in [-0.3, -0.25) is 10.1 Å². The van der Waals surface area contributed by atoms with E-state index in [1.54, 1.807) is 7.05 Å². The van der Waals surface area contributed by atoms with E-state index in [0.29, 0.717) is 5.69 Å². The highest BCUT2D eigenvalue weighted by Crippen LogP contribution is 2.24. The van der Waals surface area contributed by atoms with Gasteiger partial charge in [0.2, 0.25) is 0 Å². The second-order valence-electron chi connectivity index (χ2n) is 3.46. The average Bonchev–Trinajstić information content (AvgIpc) is 2.84. The monoisotopic (exact) mass is 284 g/mol. The van der Waals surface area contributed by atoms with E-state index in [-0.39, 0.29) is 18.0 Å². The molecule has 1 aromatic heterocycles. The van der Waals surface area contributed by atoms with Crippen molar-refractivity contribution in [2.45, 2.75) is 6.61 Å². The standard InChI is InChI=1S/C10H9FN4O3S/c1-12-10-8(13-14-19-10)5-18-9-3-2-6(15(16)17)4-7(9)11/h2-4,12H,5H2,1H3. The number of anilines is 1. The summed E-state index contributed by atoms with van der Waals surface area (Å²) < 4.78 is 22.5. The molecule has 1 aromatic carbocycles. The molecule has 100 valence electrons. The number of nitro benzene ring substituents is 1. The van der Waals surface area contributed by atoms with E-state index in [9.17, 15) is 14.5 Å². The minimum absolute atomic E-state index is 0.0292. The van der Waals surface area contributed by atoms with Crippen LogP contribution in [0.3, 0.4) is 0 Å².